The smallest absolute Gasteiger partial charge is 0.226 e. The van der Waals surface area contributed by atoms with Crippen LogP contribution in [0.15, 0.2) is 158 Å². The lowest BCUT2D eigenvalue weighted by atomic mass is 9.79. The second-order valence-corrected chi connectivity index (χ2v) is 18.4. The number of pyridine rings is 2. The number of halogens is 2. The number of benzene rings is 4. The first-order valence-electron chi connectivity index (χ1n) is 22.8. The van der Waals surface area contributed by atoms with Crippen LogP contribution in [0.5, 0.6) is 11.5 Å². The predicted octanol–water partition coefficient (Wildman–Crippen LogP) is 10.2. The fourth-order valence-electron chi connectivity index (χ4n) is 8.28. The van der Waals surface area contributed by atoms with Crippen molar-refractivity contribution < 1.29 is 19.1 Å². The topological polar surface area (TPSA) is 109 Å². The standard InChI is InChI=1S/2C27H30ClN3O2/c2*1-27(14-17-31(18-15-27)19-20-33-23-7-3-2-4-8-23)26(32)30-25(24-9-5-6-16-29-24)21-10-12-22(28)13-11-21/h2*2-13,16,25H,14-15,17-20H2,1H3,(H,30,32). The molecule has 2 saturated heterocycles. The van der Waals surface area contributed by atoms with Gasteiger partial charge in [-0.15, -0.1) is 0 Å². The number of carbonyl (C=O) groups is 2. The Bertz CT molecular complexity index is 2210. The zero-order valence-corrected chi connectivity index (χ0v) is 39.3. The van der Waals surface area contributed by atoms with E-state index in [1.54, 1.807) is 12.4 Å². The van der Waals surface area contributed by atoms with Crippen molar-refractivity contribution in [3.05, 3.63) is 191 Å². The van der Waals surface area contributed by atoms with Crippen molar-refractivity contribution in [2.45, 2.75) is 51.6 Å². The lowest BCUT2D eigenvalue weighted by Gasteiger charge is -2.39. The summed E-state index contributed by atoms with van der Waals surface area (Å²) in [5.74, 6) is 1.91. The minimum absolute atomic E-state index is 0.0632. The molecule has 4 aromatic carbocycles. The van der Waals surface area contributed by atoms with E-state index in [9.17, 15) is 9.59 Å². The molecule has 2 unspecified atom stereocenters. The van der Waals surface area contributed by atoms with Gasteiger partial charge in [0, 0.05) is 46.4 Å². The van der Waals surface area contributed by atoms with Gasteiger partial charge in [-0.05, 0) is 136 Å². The summed E-state index contributed by atoms with van der Waals surface area (Å²) in [4.78, 5) is 40.6. The predicted molar refractivity (Wildman–Crippen MR) is 263 cm³/mol. The number of hydrogen-bond acceptors (Lipinski definition) is 8. The van der Waals surface area contributed by atoms with E-state index in [0.29, 0.717) is 23.3 Å². The van der Waals surface area contributed by atoms with Crippen molar-refractivity contribution in [2.75, 3.05) is 52.5 Å². The summed E-state index contributed by atoms with van der Waals surface area (Å²) in [5.41, 5.74) is 2.71. The van der Waals surface area contributed by atoms with Gasteiger partial charge in [-0.3, -0.25) is 29.4 Å². The monoisotopic (exact) mass is 926 g/mol. The van der Waals surface area contributed by atoms with E-state index < -0.39 is 10.8 Å². The molecule has 0 bridgehead atoms. The van der Waals surface area contributed by atoms with Crippen molar-refractivity contribution in [2.24, 2.45) is 10.8 Å². The molecule has 66 heavy (non-hydrogen) atoms. The number of rotatable bonds is 16. The molecule has 8 rings (SSSR count). The summed E-state index contributed by atoms with van der Waals surface area (Å²) >= 11 is 12.2. The average molecular weight is 928 g/mol. The summed E-state index contributed by atoms with van der Waals surface area (Å²) in [5, 5.41) is 7.88. The second-order valence-electron chi connectivity index (χ2n) is 17.6. The van der Waals surface area contributed by atoms with Crippen LogP contribution in [0.1, 0.15) is 74.1 Å². The van der Waals surface area contributed by atoms with Crippen LogP contribution in [0.2, 0.25) is 10.0 Å². The minimum atomic E-state index is -0.420. The van der Waals surface area contributed by atoms with Crippen molar-refractivity contribution >= 4 is 35.0 Å². The van der Waals surface area contributed by atoms with E-state index in [1.165, 1.54) is 0 Å². The van der Waals surface area contributed by atoms with Gasteiger partial charge in [0.2, 0.25) is 11.8 Å². The van der Waals surface area contributed by atoms with Gasteiger partial charge in [0.25, 0.3) is 0 Å². The quantitative estimate of drug-likeness (QED) is 0.0988. The lowest BCUT2D eigenvalue weighted by molar-refractivity contribution is -0.134. The van der Waals surface area contributed by atoms with Gasteiger partial charge >= 0.3 is 0 Å². The Morgan fingerprint density at radius 1 is 0.530 bits per heavy atom. The van der Waals surface area contributed by atoms with Crippen molar-refractivity contribution in [1.82, 2.24) is 30.4 Å². The Kier molecular flexibility index (Phi) is 17.2. The lowest BCUT2D eigenvalue weighted by Crippen LogP contribution is -2.48. The first-order chi connectivity index (χ1) is 32.1. The molecule has 2 N–H and O–H groups in total. The average Bonchev–Trinajstić information content (AvgIpc) is 3.36. The van der Waals surface area contributed by atoms with E-state index in [0.717, 1.165) is 99.0 Å². The Balaban J connectivity index is 0.000000196. The molecule has 10 nitrogen and oxygen atoms in total. The van der Waals surface area contributed by atoms with Crippen LogP contribution < -0.4 is 20.1 Å². The molecule has 2 fully saturated rings. The molecular formula is C54H60Cl2N6O4. The highest BCUT2D eigenvalue weighted by Gasteiger charge is 2.39. The Morgan fingerprint density at radius 3 is 1.21 bits per heavy atom. The molecule has 12 heteroatoms. The zero-order chi connectivity index (χ0) is 46.2. The minimum Gasteiger partial charge on any atom is -0.492 e. The van der Waals surface area contributed by atoms with Gasteiger partial charge in [-0.2, -0.15) is 0 Å². The summed E-state index contributed by atoms with van der Waals surface area (Å²) in [6, 6.07) is 45.8. The molecule has 2 atom stereocenters. The van der Waals surface area contributed by atoms with Crippen LogP contribution in [-0.2, 0) is 9.59 Å². The molecular weight excluding hydrogens is 868 g/mol. The van der Waals surface area contributed by atoms with Crippen molar-refractivity contribution in [1.29, 1.82) is 0 Å². The number of amides is 2. The number of carbonyl (C=O) groups excluding carboxylic acids is 2. The van der Waals surface area contributed by atoms with E-state index in [-0.39, 0.29) is 23.9 Å². The van der Waals surface area contributed by atoms with Crippen LogP contribution in [0.3, 0.4) is 0 Å². The second kappa shape index (κ2) is 23.6. The van der Waals surface area contributed by atoms with E-state index >= 15 is 0 Å². The molecule has 2 aliphatic heterocycles. The fraction of sp³-hybridized carbons (Fsp3) is 0.333. The maximum atomic E-state index is 13.4. The molecule has 0 spiro atoms. The summed E-state index contributed by atoms with van der Waals surface area (Å²) < 4.78 is 11.7. The fourth-order valence-corrected chi connectivity index (χ4v) is 8.54. The number of para-hydroxylation sites is 2. The number of hydrogen-bond donors (Lipinski definition) is 2. The largest absolute Gasteiger partial charge is 0.492 e. The normalized spacial score (nSPS) is 16.7. The Labute approximate surface area is 399 Å². The Morgan fingerprint density at radius 2 is 0.879 bits per heavy atom. The van der Waals surface area contributed by atoms with Gasteiger partial charge in [0.15, 0.2) is 0 Å². The van der Waals surface area contributed by atoms with E-state index in [4.69, 9.17) is 32.7 Å². The van der Waals surface area contributed by atoms with E-state index in [2.05, 4.69) is 44.2 Å². The first-order valence-corrected chi connectivity index (χ1v) is 23.6. The molecule has 2 amide bonds. The zero-order valence-electron chi connectivity index (χ0n) is 37.8. The number of aromatic nitrogens is 2. The van der Waals surface area contributed by atoms with Crippen LogP contribution in [0, 0.1) is 10.8 Å². The number of piperidine rings is 2. The third-order valence-electron chi connectivity index (χ3n) is 12.8. The maximum absolute atomic E-state index is 13.4. The van der Waals surface area contributed by atoms with Crippen LogP contribution in [0.25, 0.3) is 0 Å². The Hall–Kier alpha value is -5.78. The molecule has 0 saturated carbocycles. The summed E-state index contributed by atoms with van der Waals surface area (Å²) in [7, 11) is 0. The van der Waals surface area contributed by atoms with Gasteiger partial charge in [-0.25, -0.2) is 0 Å². The van der Waals surface area contributed by atoms with Crippen LogP contribution >= 0.6 is 23.2 Å². The van der Waals surface area contributed by atoms with E-state index in [1.807, 2.05) is 146 Å². The van der Waals surface area contributed by atoms with Gasteiger partial charge < -0.3 is 20.1 Å². The van der Waals surface area contributed by atoms with Crippen molar-refractivity contribution in [3.8, 4) is 11.5 Å². The first kappa shape index (κ1) is 48.2. The highest BCUT2D eigenvalue weighted by atomic mass is 35.5. The molecule has 2 aromatic heterocycles. The molecule has 6 aromatic rings. The number of nitrogens with one attached hydrogen (secondary N) is 2. The van der Waals surface area contributed by atoms with Gasteiger partial charge in [0.1, 0.15) is 24.7 Å². The maximum Gasteiger partial charge on any atom is 0.226 e. The molecule has 0 radical (unpaired) electrons. The highest BCUT2D eigenvalue weighted by molar-refractivity contribution is 6.30. The number of nitrogens with zero attached hydrogens (tertiary/aromatic N) is 4. The van der Waals surface area contributed by atoms with Gasteiger partial charge in [0.05, 0.1) is 23.5 Å². The molecule has 0 aliphatic carbocycles. The molecule has 4 heterocycles. The van der Waals surface area contributed by atoms with Crippen LogP contribution in [-0.4, -0.2) is 84.1 Å². The van der Waals surface area contributed by atoms with Crippen molar-refractivity contribution in [3.63, 3.8) is 0 Å². The number of likely N-dealkylation sites (tertiary alicyclic amines) is 2. The highest BCUT2D eigenvalue weighted by Crippen LogP contribution is 2.35. The number of ether oxygens (including phenoxy) is 2. The molecule has 2 aliphatic rings. The third kappa shape index (κ3) is 13.6. The molecule has 344 valence electrons. The van der Waals surface area contributed by atoms with Gasteiger partial charge in [-0.1, -0.05) is 110 Å². The van der Waals surface area contributed by atoms with Crippen LogP contribution in [0.4, 0.5) is 0 Å². The SMILES string of the molecule is CC1(C(=O)NC(c2ccc(Cl)cc2)c2ccccn2)CCN(CCOc2ccccc2)CC1.CC1(C(=O)NC(c2ccc(Cl)cc2)c2ccccn2)CCN(CCOc2ccccc2)CC1. The third-order valence-corrected chi connectivity index (χ3v) is 13.3. The summed E-state index contributed by atoms with van der Waals surface area (Å²) in [6.45, 7) is 10.6. The summed E-state index contributed by atoms with van der Waals surface area (Å²) in [6.07, 6.45) is 6.73.